The number of pyridine rings is 1. The van der Waals surface area contributed by atoms with Crippen LogP contribution in [0.3, 0.4) is 0 Å². The number of rotatable bonds is 4. The lowest BCUT2D eigenvalue weighted by Gasteiger charge is -2.10. The number of H-pyrrole nitrogens is 1. The molecule has 7 heteroatoms. The Hall–Kier alpha value is -2.47. The van der Waals surface area contributed by atoms with E-state index in [0.717, 1.165) is 27.6 Å². The Balaban J connectivity index is 1.72. The van der Waals surface area contributed by atoms with E-state index in [9.17, 15) is 9.18 Å². The quantitative estimate of drug-likeness (QED) is 0.697. The van der Waals surface area contributed by atoms with Crippen LogP contribution in [0.25, 0.3) is 21.9 Å². The first-order chi connectivity index (χ1) is 12.4. The largest absolute Gasteiger partial charge is 0.310 e. The highest BCUT2D eigenvalue weighted by atomic mass is 35.5. The Morgan fingerprint density at radius 3 is 2.81 bits per heavy atom. The zero-order valence-electron chi connectivity index (χ0n) is 14.4. The molecule has 5 nitrogen and oxygen atoms in total. The molecule has 4 rings (SSSR count). The smallest absolute Gasteiger partial charge is 0.231 e. The van der Waals surface area contributed by atoms with Crippen molar-refractivity contribution in [1.82, 2.24) is 15.2 Å². The summed E-state index contributed by atoms with van der Waals surface area (Å²) in [5.74, 6) is -0.196. The first kappa shape index (κ1) is 17.0. The number of alkyl halides is 1. The second-order valence-electron chi connectivity index (χ2n) is 6.95. The molecule has 1 aliphatic rings. The standard InChI is InChI=1S/C19H18ClFN4O/c1-9(2)18-14(8-23-25-18)10-3-11-5-17(22-7-13(11)15(20)4-10)24-19(26)12-6-16(12)21/h3-5,7-9,12,16H,6H2,1-2H3,(H,23,25)(H,22,24,26)/t12-,16+/m1/s1. The van der Waals surface area contributed by atoms with Crippen molar-refractivity contribution in [2.45, 2.75) is 32.4 Å². The molecule has 1 aliphatic carbocycles. The van der Waals surface area contributed by atoms with E-state index in [1.165, 1.54) is 0 Å². The van der Waals surface area contributed by atoms with E-state index in [1.807, 2.05) is 12.1 Å². The fourth-order valence-electron chi connectivity index (χ4n) is 3.06. The average molecular weight is 373 g/mol. The third kappa shape index (κ3) is 3.05. The van der Waals surface area contributed by atoms with Gasteiger partial charge in [0.2, 0.25) is 5.91 Å². The number of amides is 1. The molecule has 1 fully saturated rings. The number of fused-ring (bicyclic) bond motifs is 1. The summed E-state index contributed by atoms with van der Waals surface area (Å²) in [6.07, 6.45) is 2.65. The number of hydrogen-bond acceptors (Lipinski definition) is 3. The number of nitrogens with zero attached hydrogens (tertiary/aromatic N) is 2. The number of aromatic amines is 1. The van der Waals surface area contributed by atoms with E-state index in [4.69, 9.17) is 11.6 Å². The van der Waals surface area contributed by atoms with Crippen molar-refractivity contribution in [3.8, 4) is 11.1 Å². The van der Waals surface area contributed by atoms with Gasteiger partial charge in [-0.05, 0) is 41.5 Å². The number of nitrogens with one attached hydrogen (secondary N) is 2. The van der Waals surface area contributed by atoms with Crippen molar-refractivity contribution in [3.63, 3.8) is 0 Å². The lowest BCUT2D eigenvalue weighted by Crippen LogP contribution is -2.15. The van der Waals surface area contributed by atoms with Crippen LogP contribution in [0.4, 0.5) is 10.2 Å². The molecule has 2 atom stereocenters. The number of carbonyl (C=O) groups excluding carboxylic acids is 1. The van der Waals surface area contributed by atoms with Gasteiger partial charge < -0.3 is 5.32 Å². The predicted octanol–water partition coefficient (Wildman–Crippen LogP) is 4.70. The summed E-state index contributed by atoms with van der Waals surface area (Å²) >= 11 is 6.44. The van der Waals surface area contributed by atoms with Crippen LogP contribution in [0.5, 0.6) is 0 Å². The van der Waals surface area contributed by atoms with Crippen molar-refractivity contribution in [3.05, 3.63) is 41.3 Å². The Morgan fingerprint density at radius 2 is 2.12 bits per heavy atom. The van der Waals surface area contributed by atoms with Crippen molar-refractivity contribution in [2.75, 3.05) is 5.32 Å². The Labute approximate surface area is 155 Å². The maximum Gasteiger partial charge on any atom is 0.231 e. The van der Waals surface area contributed by atoms with Crippen LogP contribution >= 0.6 is 11.6 Å². The molecule has 0 saturated heterocycles. The summed E-state index contributed by atoms with van der Waals surface area (Å²) in [6.45, 7) is 4.18. The third-order valence-corrected chi connectivity index (χ3v) is 4.96. The van der Waals surface area contributed by atoms with Gasteiger partial charge in [-0.15, -0.1) is 0 Å². The number of halogens is 2. The van der Waals surface area contributed by atoms with E-state index in [1.54, 1.807) is 18.5 Å². The molecule has 0 radical (unpaired) electrons. The van der Waals surface area contributed by atoms with Gasteiger partial charge in [-0.3, -0.25) is 9.89 Å². The average Bonchev–Trinajstić information content (AvgIpc) is 3.13. The number of hydrogen-bond donors (Lipinski definition) is 2. The lowest BCUT2D eigenvalue weighted by molar-refractivity contribution is -0.117. The molecule has 26 heavy (non-hydrogen) atoms. The molecule has 0 aliphatic heterocycles. The molecule has 1 aromatic carbocycles. The number of carbonyl (C=O) groups is 1. The van der Waals surface area contributed by atoms with E-state index in [0.29, 0.717) is 16.8 Å². The molecule has 0 spiro atoms. The van der Waals surface area contributed by atoms with Crippen LogP contribution in [-0.4, -0.2) is 27.3 Å². The van der Waals surface area contributed by atoms with Gasteiger partial charge in [0.15, 0.2) is 0 Å². The van der Waals surface area contributed by atoms with Gasteiger partial charge in [-0.25, -0.2) is 9.37 Å². The van der Waals surface area contributed by atoms with Gasteiger partial charge in [-0.1, -0.05) is 25.4 Å². The number of anilines is 1. The van der Waals surface area contributed by atoms with Crippen LogP contribution in [0.1, 0.15) is 31.9 Å². The van der Waals surface area contributed by atoms with Gasteiger partial charge in [0, 0.05) is 22.8 Å². The Morgan fingerprint density at radius 1 is 1.35 bits per heavy atom. The zero-order chi connectivity index (χ0) is 18.4. The second kappa shape index (κ2) is 6.36. The van der Waals surface area contributed by atoms with Crippen molar-refractivity contribution in [1.29, 1.82) is 0 Å². The van der Waals surface area contributed by atoms with Gasteiger partial charge in [0.25, 0.3) is 0 Å². The highest BCUT2D eigenvalue weighted by molar-refractivity contribution is 6.36. The molecule has 2 aromatic heterocycles. The van der Waals surface area contributed by atoms with E-state index in [-0.39, 0.29) is 12.3 Å². The molecule has 2 N–H and O–H groups in total. The molecule has 1 amide bonds. The minimum atomic E-state index is -1.04. The summed E-state index contributed by atoms with van der Waals surface area (Å²) in [4.78, 5) is 16.2. The molecule has 2 heterocycles. The Kier molecular flexibility index (Phi) is 4.15. The van der Waals surface area contributed by atoms with Crippen LogP contribution in [0, 0.1) is 5.92 Å². The van der Waals surface area contributed by atoms with Crippen LogP contribution in [-0.2, 0) is 4.79 Å². The van der Waals surface area contributed by atoms with Gasteiger partial charge in [0.1, 0.15) is 12.0 Å². The monoisotopic (exact) mass is 372 g/mol. The van der Waals surface area contributed by atoms with Crippen LogP contribution < -0.4 is 5.32 Å². The Bertz CT molecular complexity index is 1000. The molecular weight excluding hydrogens is 355 g/mol. The van der Waals surface area contributed by atoms with Crippen molar-refractivity contribution in [2.24, 2.45) is 5.92 Å². The molecule has 134 valence electrons. The molecular formula is C19H18ClFN4O. The minimum absolute atomic E-state index is 0.286. The summed E-state index contributed by atoms with van der Waals surface area (Å²) in [7, 11) is 0. The van der Waals surface area contributed by atoms with Gasteiger partial charge in [0.05, 0.1) is 17.1 Å². The van der Waals surface area contributed by atoms with Crippen LogP contribution in [0.15, 0.2) is 30.6 Å². The van der Waals surface area contributed by atoms with Crippen LogP contribution in [0.2, 0.25) is 5.02 Å². The number of benzene rings is 1. The highest BCUT2D eigenvalue weighted by Gasteiger charge is 2.43. The SMILES string of the molecule is CC(C)c1[nH]ncc1-c1cc(Cl)c2cnc(NC(=O)[C@@H]3C[C@@H]3F)cc2c1. The van der Waals surface area contributed by atoms with Gasteiger partial charge >= 0.3 is 0 Å². The summed E-state index contributed by atoms with van der Waals surface area (Å²) in [6, 6.07) is 5.64. The predicted molar refractivity (Wildman–Crippen MR) is 100 cm³/mol. The molecule has 0 bridgehead atoms. The highest BCUT2D eigenvalue weighted by Crippen LogP contribution is 2.36. The van der Waals surface area contributed by atoms with E-state index >= 15 is 0 Å². The third-order valence-electron chi connectivity index (χ3n) is 4.64. The summed E-state index contributed by atoms with van der Waals surface area (Å²) in [5.41, 5.74) is 2.96. The molecule has 3 aromatic rings. The lowest BCUT2D eigenvalue weighted by atomic mass is 9.98. The van der Waals surface area contributed by atoms with E-state index in [2.05, 4.69) is 34.3 Å². The maximum absolute atomic E-state index is 13.0. The molecule has 0 unspecified atom stereocenters. The minimum Gasteiger partial charge on any atom is -0.310 e. The summed E-state index contributed by atoms with van der Waals surface area (Å²) < 4.78 is 13.0. The van der Waals surface area contributed by atoms with Crippen molar-refractivity contribution >= 4 is 34.1 Å². The topological polar surface area (TPSA) is 70.7 Å². The fourth-order valence-corrected chi connectivity index (χ4v) is 3.33. The van der Waals surface area contributed by atoms with Gasteiger partial charge in [-0.2, -0.15) is 5.10 Å². The number of aromatic nitrogens is 3. The van der Waals surface area contributed by atoms with E-state index < -0.39 is 12.1 Å². The first-order valence-electron chi connectivity index (χ1n) is 8.52. The zero-order valence-corrected chi connectivity index (χ0v) is 15.1. The van der Waals surface area contributed by atoms with Crippen molar-refractivity contribution < 1.29 is 9.18 Å². The fraction of sp³-hybridized carbons (Fsp3) is 0.316. The maximum atomic E-state index is 13.0. The first-order valence-corrected chi connectivity index (χ1v) is 8.89. The molecule has 1 saturated carbocycles. The summed E-state index contributed by atoms with van der Waals surface area (Å²) in [5, 5.41) is 12.1. The second-order valence-corrected chi connectivity index (χ2v) is 7.36. The normalized spacial score (nSPS) is 19.1.